The van der Waals surface area contributed by atoms with Crippen LogP contribution in [0.3, 0.4) is 0 Å². The molecule has 1 aliphatic rings. The second kappa shape index (κ2) is 7.83. The molecule has 0 atom stereocenters. The molecule has 2 aromatic carbocycles. The zero-order chi connectivity index (χ0) is 17.6. The van der Waals surface area contributed by atoms with Crippen LogP contribution >= 0.6 is 0 Å². The van der Waals surface area contributed by atoms with E-state index < -0.39 is 0 Å². The third kappa shape index (κ3) is 4.18. The Bertz CT molecular complexity index is 739. The van der Waals surface area contributed by atoms with Crippen LogP contribution in [-0.4, -0.2) is 25.0 Å². The highest BCUT2D eigenvalue weighted by Gasteiger charge is 2.21. The molecule has 1 aliphatic heterocycles. The van der Waals surface area contributed by atoms with E-state index in [9.17, 15) is 9.59 Å². The maximum Gasteiger partial charge on any atom is 0.251 e. The standard InChI is InChI=1S/C20H22N2O3/c1-2-25-18-11-7-16(8-12-18)20(24)21-14-15-5-9-17(10-6-15)22-13-3-4-19(22)23/h5-12H,2-4,13-14H2,1H3,(H,21,24). The summed E-state index contributed by atoms with van der Waals surface area (Å²) >= 11 is 0. The van der Waals surface area contributed by atoms with E-state index in [1.807, 2.05) is 36.1 Å². The molecular formula is C20H22N2O3. The van der Waals surface area contributed by atoms with Gasteiger partial charge in [-0.15, -0.1) is 0 Å². The summed E-state index contributed by atoms with van der Waals surface area (Å²) in [6, 6.07) is 14.8. The zero-order valence-corrected chi connectivity index (χ0v) is 14.3. The minimum Gasteiger partial charge on any atom is -0.494 e. The Balaban J connectivity index is 1.55. The molecule has 0 radical (unpaired) electrons. The third-order valence-corrected chi connectivity index (χ3v) is 4.20. The van der Waals surface area contributed by atoms with E-state index in [1.54, 1.807) is 24.3 Å². The number of nitrogens with zero attached hydrogens (tertiary/aromatic N) is 1. The summed E-state index contributed by atoms with van der Waals surface area (Å²) in [5, 5.41) is 2.90. The average Bonchev–Trinajstić information content (AvgIpc) is 3.07. The largest absolute Gasteiger partial charge is 0.494 e. The van der Waals surface area contributed by atoms with Crippen LogP contribution in [0.5, 0.6) is 5.75 Å². The number of carbonyl (C=O) groups excluding carboxylic acids is 2. The van der Waals surface area contributed by atoms with Gasteiger partial charge in [-0.3, -0.25) is 9.59 Å². The Morgan fingerprint density at radius 2 is 1.84 bits per heavy atom. The fraction of sp³-hybridized carbons (Fsp3) is 0.300. The number of rotatable bonds is 6. The minimum atomic E-state index is -0.123. The molecule has 0 unspecified atom stereocenters. The average molecular weight is 338 g/mol. The van der Waals surface area contributed by atoms with Crippen molar-refractivity contribution in [3.05, 3.63) is 59.7 Å². The molecule has 1 fully saturated rings. The molecule has 3 rings (SSSR count). The lowest BCUT2D eigenvalue weighted by Crippen LogP contribution is -2.24. The Kier molecular flexibility index (Phi) is 5.33. The summed E-state index contributed by atoms with van der Waals surface area (Å²) in [7, 11) is 0. The summed E-state index contributed by atoms with van der Waals surface area (Å²) in [4.78, 5) is 25.8. The lowest BCUT2D eigenvalue weighted by Gasteiger charge is -2.16. The summed E-state index contributed by atoms with van der Waals surface area (Å²) in [5.74, 6) is 0.810. The normalized spacial score (nSPS) is 13.8. The quantitative estimate of drug-likeness (QED) is 0.880. The molecule has 2 amide bonds. The number of carbonyl (C=O) groups is 2. The summed E-state index contributed by atoms with van der Waals surface area (Å²) in [5.41, 5.74) is 2.52. The van der Waals surface area contributed by atoms with Gasteiger partial charge in [0.05, 0.1) is 6.61 Å². The molecule has 0 aromatic heterocycles. The van der Waals surface area contributed by atoms with Crippen LogP contribution < -0.4 is 15.0 Å². The van der Waals surface area contributed by atoms with Crippen LogP contribution in [-0.2, 0) is 11.3 Å². The van der Waals surface area contributed by atoms with Crippen molar-refractivity contribution in [1.29, 1.82) is 0 Å². The van der Waals surface area contributed by atoms with Gasteiger partial charge < -0.3 is 15.0 Å². The molecule has 0 bridgehead atoms. The first-order valence-electron chi connectivity index (χ1n) is 8.57. The van der Waals surface area contributed by atoms with Gasteiger partial charge in [0.1, 0.15) is 5.75 Å². The van der Waals surface area contributed by atoms with Gasteiger partial charge in [0.2, 0.25) is 5.91 Å². The van der Waals surface area contributed by atoms with Crippen molar-refractivity contribution in [2.24, 2.45) is 0 Å². The molecule has 0 aliphatic carbocycles. The van der Waals surface area contributed by atoms with Crippen molar-refractivity contribution in [2.45, 2.75) is 26.3 Å². The smallest absolute Gasteiger partial charge is 0.251 e. The van der Waals surface area contributed by atoms with Crippen LogP contribution in [0.25, 0.3) is 0 Å². The molecule has 1 heterocycles. The lowest BCUT2D eigenvalue weighted by molar-refractivity contribution is -0.117. The van der Waals surface area contributed by atoms with Gasteiger partial charge in [-0.05, 0) is 55.3 Å². The lowest BCUT2D eigenvalue weighted by atomic mass is 10.1. The van der Waals surface area contributed by atoms with Gasteiger partial charge in [-0.2, -0.15) is 0 Å². The van der Waals surface area contributed by atoms with Crippen LogP contribution in [0, 0.1) is 0 Å². The number of hydrogen-bond acceptors (Lipinski definition) is 3. The van der Waals surface area contributed by atoms with Crippen molar-refractivity contribution in [2.75, 3.05) is 18.1 Å². The van der Waals surface area contributed by atoms with E-state index >= 15 is 0 Å². The molecule has 0 spiro atoms. The SMILES string of the molecule is CCOc1ccc(C(=O)NCc2ccc(N3CCCC3=O)cc2)cc1. The first kappa shape index (κ1) is 17.0. The fourth-order valence-electron chi connectivity index (χ4n) is 2.87. The van der Waals surface area contributed by atoms with E-state index in [0.717, 1.165) is 30.0 Å². The van der Waals surface area contributed by atoms with E-state index in [0.29, 0.717) is 25.1 Å². The monoisotopic (exact) mass is 338 g/mol. The van der Waals surface area contributed by atoms with Gasteiger partial charge in [0.25, 0.3) is 5.91 Å². The number of amides is 2. The second-order valence-corrected chi connectivity index (χ2v) is 5.96. The molecule has 1 saturated heterocycles. The van der Waals surface area contributed by atoms with Crippen LogP contribution in [0.15, 0.2) is 48.5 Å². The highest BCUT2D eigenvalue weighted by molar-refractivity contribution is 5.95. The summed E-state index contributed by atoms with van der Waals surface area (Å²) < 4.78 is 5.37. The van der Waals surface area contributed by atoms with Crippen molar-refractivity contribution in [1.82, 2.24) is 5.32 Å². The van der Waals surface area contributed by atoms with Gasteiger partial charge in [0.15, 0.2) is 0 Å². The number of benzene rings is 2. The summed E-state index contributed by atoms with van der Waals surface area (Å²) in [6.45, 7) is 3.75. The van der Waals surface area contributed by atoms with Crippen molar-refractivity contribution in [3.8, 4) is 5.75 Å². The van der Waals surface area contributed by atoms with Gasteiger partial charge in [0, 0.05) is 30.8 Å². The fourth-order valence-corrected chi connectivity index (χ4v) is 2.87. The molecular weight excluding hydrogens is 316 g/mol. The molecule has 0 saturated carbocycles. The van der Waals surface area contributed by atoms with E-state index in [4.69, 9.17) is 4.74 Å². The highest BCUT2D eigenvalue weighted by atomic mass is 16.5. The van der Waals surface area contributed by atoms with Crippen molar-refractivity contribution in [3.63, 3.8) is 0 Å². The predicted octanol–water partition coefficient (Wildman–Crippen LogP) is 3.14. The predicted molar refractivity (Wildman–Crippen MR) is 96.8 cm³/mol. The summed E-state index contributed by atoms with van der Waals surface area (Å²) in [6.07, 6.45) is 1.54. The molecule has 1 N–H and O–H groups in total. The third-order valence-electron chi connectivity index (χ3n) is 4.20. The molecule has 25 heavy (non-hydrogen) atoms. The Hall–Kier alpha value is -2.82. The van der Waals surface area contributed by atoms with Crippen molar-refractivity contribution >= 4 is 17.5 Å². The zero-order valence-electron chi connectivity index (χ0n) is 14.3. The van der Waals surface area contributed by atoms with Crippen molar-refractivity contribution < 1.29 is 14.3 Å². The van der Waals surface area contributed by atoms with Crippen LogP contribution in [0.4, 0.5) is 5.69 Å². The maximum atomic E-state index is 12.2. The molecule has 5 heteroatoms. The second-order valence-electron chi connectivity index (χ2n) is 5.96. The topological polar surface area (TPSA) is 58.6 Å². The number of hydrogen-bond donors (Lipinski definition) is 1. The van der Waals surface area contributed by atoms with Crippen LogP contribution in [0.2, 0.25) is 0 Å². The maximum absolute atomic E-state index is 12.2. The minimum absolute atomic E-state index is 0.123. The number of nitrogens with one attached hydrogen (secondary N) is 1. The van der Waals surface area contributed by atoms with Gasteiger partial charge in [-0.1, -0.05) is 12.1 Å². The number of anilines is 1. The van der Waals surface area contributed by atoms with E-state index in [2.05, 4.69) is 5.32 Å². The van der Waals surface area contributed by atoms with Gasteiger partial charge >= 0.3 is 0 Å². The van der Waals surface area contributed by atoms with E-state index in [-0.39, 0.29) is 11.8 Å². The Morgan fingerprint density at radius 3 is 2.44 bits per heavy atom. The Morgan fingerprint density at radius 1 is 1.12 bits per heavy atom. The number of ether oxygens (including phenoxy) is 1. The first-order valence-corrected chi connectivity index (χ1v) is 8.57. The molecule has 5 nitrogen and oxygen atoms in total. The molecule has 2 aromatic rings. The first-order chi connectivity index (χ1) is 12.2. The Labute approximate surface area is 147 Å². The highest BCUT2D eigenvalue weighted by Crippen LogP contribution is 2.21. The van der Waals surface area contributed by atoms with E-state index in [1.165, 1.54) is 0 Å². The van der Waals surface area contributed by atoms with Gasteiger partial charge in [-0.25, -0.2) is 0 Å². The molecule has 130 valence electrons. The van der Waals surface area contributed by atoms with Crippen LogP contribution in [0.1, 0.15) is 35.7 Å².